The lowest BCUT2D eigenvalue weighted by molar-refractivity contribution is 0.497. The number of rotatable bonds is 6. The molecule has 1 N–H and O–H groups in total. The van der Waals surface area contributed by atoms with Gasteiger partial charge in [-0.1, -0.05) is 72.3 Å². The van der Waals surface area contributed by atoms with Crippen molar-refractivity contribution >= 4 is 45.1 Å². The van der Waals surface area contributed by atoms with Crippen LogP contribution < -0.4 is 9.46 Å². The molecule has 0 spiro atoms. The maximum atomic E-state index is 12.7. The summed E-state index contributed by atoms with van der Waals surface area (Å²) in [6, 6.07) is 25.4. The average Bonchev–Trinajstić information content (AvgIpc) is 3.07. The molecule has 4 aromatic rings. The lowest BCUT2D eigenvalue weighted by Crippen LogP contribution is -2.22. The van der Waals surface area contributed by atoms with Gasteiger partial charge in [0.1, 0.15) is 5.75 Å². The molecule has 0 aliphatic carbocycles. The predicted molar refractivity (Wildman–Crippen MR) is 113 cm³/mol. The number of thiophene rings is 1. The minimum absolute atomic E-state index is 0.458. The molecule has 0 radical (unpaired) electrons. The molecule has 3 aromatic carbocycles. The van der Waals surface area contributed by atoms with Gasteiger partial charge in [-0.05, 0) is 39.8 Å². The van der Waals surface area contributed by atoms with E-state index in [9.17, 15) is 4.55 Å². The summed E-state index contributed by atoms with van der Waals surface area (Å²) in [5.74, 6) is 0.697. The van der Waals surface area contributed by atoms with Crippen molar-refractivity contribution in [1.29, 1.82) is 0 Å². The van der Waals surface area contributed by atoms with Gasteiger partial charge in [-0.25, -0.2) is 0 Å². The van der Waals surface area contributed by atoms with Gasteiger partial charge < -0.3 is 9.29 Å². The summed E-state index contributed by atoms with van der Waals surface area (Å²) in [5, 5.41) is 3.32. The van der Waals surface area contributed by atoms with Crippen LogP contribution in [0.15, 0.2) is 83.1 Å². The smallest absolute Gasteiger partial charge is 0.232 e. The second kappa shape index (κ2) is 8.33. The van der Waals surface area contributed by atoms with E-state index in [1.807, 2.05) is 54.6 Å². The van der Waals surface area contributed by atoms with E-state index in [0.717, 1.165) is 10.9 Å². The first-order valence-electron chi connectivity index (χ1n) is 8.35. The normalized spacial score (nSPS) is 12.2. The van der Waals surface area contributed by atoms with Crippen molar-refractivity contribution in [1.82, 2.24) is 4.72 Å². The van der Waals surface area contributed by atoms with Crippen LogP contribution in [-0.2, 0) is 17.9 Å². The minimum Gasteiger partial charge on any atom is -0.592 e. The van der Waals surface area contributed by atoms with Crippen molar-refractivity contribution < 1.29 is 9.29 Å². The fourth-order valence-corrected chi connectivity index (χ4v) is 5.16. The van der Waals surface area contributed by atoms with E-state index >= 15 is 0 Å². The van der Waals surface area contributed by atoms with Crippen LogP contribution in [0.5, 0.6) is 10.8 Å². The van der Waals surface area contributed by atoms with Crippen molar-refractivity contribution in [3.8, 4) is 10.8 Å². The Hall–Kier alpha value is -2.02. The van der Waals surface area contributed by atoms with Crippen LogP contribution in [0.3, 0.4) is 0 Å². The summed E-state index contributed by atoms with van der Waals surface area (Å²) >= 11 is 6.17. The van der Waals surface area contributed by atoms with Gasteiger partial charge in [-0.15, -0.1) is 4.72 Å². The Labute approximate surface area is 169 Å². The fraction of sp³-hybridized carbons (Fsp3) is 0.0476. The Morgan fingerprint density at radius 3 is 2.56 bits per heavy atom. The second-order valence-corrected chi connectivity index (χ2v) is 8.79. The van der Waals surface area contributed by atoms with Crippen molar-refractivity contribution in [3.05, 3.63) is 89.4 Å². The molecule has 0 saturated heterocycles. The molecule has 1 heterocycles. The molecule has 0 aliphatic heterocycles. The number of halogens is 1. The van der Waals surface area contributed by atoms with Crippen LogP contribution in [0.4, 0.5) is 0 Å². The van der Waals surface area contributed by atoms with Gasteiger partial charge in [0.05, 0.1) is 22.9 Å². The molecule has 0 fully saturated rings. The first kappa shape index (κ1) is 18.3. The summed E-state index contributed by atoms with van der Waals surface area (Å²) in [6.07, 6.45) is 0. The third kappa shape index (κ3) is 4.29. The Morgan fingerprint density at radius 2 is 1.70 bits per heavy atom. The molecule has 0 aliphatic rings. The quantitative estimate of drug-likeness (QED) is 0.385. The predicted octanol–water partition coefficient (Wildman–Crippen LogP) is 6.16. The van der Waals surface area contributed by atoms with Crippen molar-refractivity contribution in [2.75, 3.05) is 0 Å². The molecule has 1 atom stereocenters. The number of hydrogen-bond acceptors (Lipinski definition) is 4. The molecule has 136 valence electrons. The van der Waals surface area contributed by atoms with Crippen LogP contribution in [0.2, 0.25) is 5.02 Å². The standard InChI is InChI=1S/C21H16ClNO2S2/c22-19-13-20(26-21(19)25-17-10-2-1-3-11-17)27(24)23-14-16-9-6-8-15-7-4-5-12-18(15)16/h1-13,23H,14H2. The van der Waals surface area contributed by atoms with Gasteiger partial charge in [0.2, 0.25) is 9.27 Å². The lowest BCUT2D eigenvalue weighted by atomic mass is 10.1. The van der Waals surface area contributed by atoms with Crippen LogP contribution in [-0.4, -0.2) is 4.55 Å². The zero-order valence-corrected chi connectivity index (χ0v) is 16.6. The van der Waals surface area contributed by atoms with E-state index in [2.05, 4.69) is 22.9 Å². The Kier molecular flexibility index (Phi) is 5.66. The molecular formula is C21H16ClNO2S2. The molecule has 27 heavy (non-hydrogen) atoms. The third-order valence-electron chi connectivity index (χ3n) is 4.04. The SMILES string of the molecule is [O-][S+](NCc1cccc2ccccc12)c1cc(Cl)c(Oc2ccccc2)s1. The van der Waals surface area contributed by atoms with Gasteiger partial charge in [-0.3, -0.25) is 0 Å². The van der Waals surface area contributed by atoms with E-state index in [-0.39, 0.29) is 0 Å². The minimum atomic E-state index is -1.37. The number of benzene rings is 3. The fourth-order valence-electron chi connectivity index (χ4n) is 2.75. The number of hydrogen-bond donors (Lipinski definition) is 1. The highest BCUT2D eigenvalue weighted by atomic mass is 35.5. The average molecular weight is 414 g/mol. The Morgan fingerprint density at radius 1 is 0.963 bits per heavy atom. The van der Waals surface area contributed by atoms with E-state index in [0.29, 0.717) is 26.6 Å². The zero-order chi connectivity index (χ0) is 18.6. The van der Waals surface area contributed by atoms with E-state index in [4.69, 9.17) is 16.3 Å². The van der Waals surface area contributed by atoms with Crippen molar-refractivity contribution in [2.45, 2.75) is 10.8 Å². The van der Waals surface area contributed by atoms with Crippen molar-refractivity contribution in [2.24, 2.45) is 0 Å². The van der Waals surface area contributed by atoms with Gasteiger partial charge in [-0.2, -0.15) is 0 Å². The monoisotopic (exact) mass is 413 g/mol. The molecule has 1 unspecified atom stereocenters. The maximum absolute atomic E-state index is 12.7. The highest BCUT2D eigenvalue weighted by molar-refractivity contribution is 7.91. The summed E-state index contributed by atoms with van der Waals surface area (Å²) in [7, 11) is 0. The Balaban J connectivity index is 1.47. The Bertz CT molecular complexity index is 1050. The van der Waals surface area contributed by atoms with Crippen LogP contribution in [0, 0.1) is 0 Å². The molecule has 1 aromatic heterocycles. The number of nitrogens with one attached hydrogen (secondary N) is 1. The number of para-hydroxylation sites is 1. The molecular weight excluding hydrogens is 398 g/mol. The van der Waals surface area contributed by atoms with Crippen LogP contribution >= 0.6 is 22.9 Å². The highest BCUT2D eigenvalue weighted by Crippen LogP contribution is 2.39. The highest BCUT2D eigenvalue weighted by Gasteiger charge is 2.20. The largest absolute Gasteiger partial charge is 0.592 e. The maximum Gasteiger partial charge on any atom is 0.232 e. The number of ether oxygens (including phenoxy) is 1. The molecule has 4 rings (SSSR count). The number of fused-ring (bicyclic) bond motifs is 1. The molecule has 0 saturated carbocycles. The van der Waals surface area contributed by atoms with Gasteiger partial charge >= 0.3 is 0 Å². The summed E-state index contributed by atoms with van der Waals surface area (Å²) < 4.78 is 22.2. The van der Waals surface area contributed by atoms with Gasteiger partial charge in [0.25, 0.3) is 0 Å². The van der Waals surface area contributed by atoms with E-state index < -0.39 is 11.4 Å². The summed E-state index contributed by atoms with van der Waals surface area (Å²) in [4.78, 5) is 0. The molecule has 3 nitrogen and oxygen atoms in total. The lowest BCUT2D eigenvalue weighted by Gasteiger charge is -2.10. The molecule has 0 amide bonds. The first-order chi connectivity index (χ1) is 13.2. The van der Waals surface area contributed by atoms with Crippen LogP contribution in [0.1, 0.15) is 5.56 Å². The molecule has 6 heteroatoms. The van der Waals surface area contributed by atoms with Gasteiger partial charge in [0.15, 0.2) is 0 Å². The van der Waals surface area contributed by atoms with E-state index in [1.165, 1.54) is 16.7 Å². The van der Waals surface area contributed by atoms with Crippen LogP contribution in [0.25, 0.3) is 10.8 Å². The topological polar surface area (TPSA) is 44.3 Å². The third-order valence-corrected chi connectivity index (χ3v) is 6.84. The van der Waals surface area contributed by atoms with Crippen molar-refractivity contribution in [3.63, 3.8) is 0 Å². The molecule has 0 bridgehead atoms. The summed E-state index contributed by atoms with van der Waals surface area (Å²) in [6.45, 7) is 0.498. The van der Waals surface area contributed by atoms with E-state index in [1.54, 1.807) is 6.07 Å². The first-order valence-corrected chi connectivity index (χ1v) is 10.7. The second-order valence-electron chi connectivity index (χ2n) is 5.84. The van der Waals surface area contributed by atoms with Gasteiger partial charge in [0, 0.05) is 6.07 Å². The summed E-state index contributed by atoms with van der Waals surface area (Å²) in [5.41, 5.74) is 1.10. The zero-order valence-electron chi connectivity index (χ0n) is 14.2.